The van der Waals surface area contributed by atoms with Gasteiger partial charge in [-0.15, -0.1) is 10.2 Å². The van der Waals surface area contributed by atoms with Crippen LogP contribution in [-0.4, -0.2) is 41.8 Å². The first-order valence-electron chi connectivity index (χ1n) is 6.64. The van der Waals surface area contributed by atoms with Gasteiger partial charge in [-0.2, -0.15) is 0 Å². The van der Waals surface area contributed by atoms with E-state index in [1.807, 2.05) is 0 Å². The third-order valence-corrected chi connectivity index (χ3v) is 3.72. The van der Waals surface area contributed by atoms with E-state index >= 15 is 0 Å². The summed E-state index contributed by atoms with van der Waals surface area (Å²) in [5.41, 5.74) is 1.54. The van der Waals surface area contributed by atoms with Gasteiger partial charge < -0.3 is 15.4 Å². The normalized spacial score (nSPS) is 15.8. The van der Waals surface area contributed by atoms with E-state index < -0.39 is 0 Å². The van der Waals surface area contributed by atoms with E-state index in [0.29, 0.717) is 17.6 Å². The number of amides is 2. The highest BCUT2D eigenvalue weighted by Crippen LogP contribution is 2.13. The van der Waals surface area contributed by atoms with Crippen molar-refractivity contribution in [3.05, 3.63) is 5.51 Å². The number of hydrogen-bond acceptors (Lipinski definition) is 6. The van der Waals surface area contributed by atoms with Crippen LogP contribution < -0.4 is 10.6 Å². The number of hydrogen-bond donors (Lipinski definition) is 2. The lowest BCUT2D eigenvalue weighted by Gasteiger charge is -2.22. The molecule has 0 saturated carbocycles. The smallest absolute Gasteiger partial charge is 0.226 e. The van der Waals surface area contributed by atoms with Gasteiger partial charge in [-0.05, 0) is 18.8 Å². The summed E-state index contributed by atoms with van der Waals surface area (Å²) in [6.07, 6.45) is 2.31. The van der Waals surface area contributed by atoms with Crippen molar-refractivity contribution in [3.63, 3.8) is 0 Å². The van der Waals surface area contributed by atoms with Crippen LogP contribution in [0.15, 0.2) is 5.51 Å². The fourth-order valence-corrected chi connectivity index (χ4v) is 2.39. The number of rotatable bonds is 6. The monoisotopic (exact) mass is 298 g/mol. The summed E-state index contributed by atoms with van der Waals surface area (Å²) in [4.78, 5) is 23.2. The molecule has 20 heavy (non-hydrogen) atoms. The maximum Gasteiger partial charge on any atom is 0.226 e. The number of ether oxygens (including phenoxy) is 1. The molecule has 110 valence electrons. The molecular formula is C12H18N4O3S. The summed E-state index contributed by atoms with van der Waals surface area (Å²) < 4.78 is 5.26. The summed E-state index contributed by atoms with van der Waals surface area (Å²) in [6.45, 7) is 2.20. The molecule has 2 amide bonds. The molecule has 0 aromatic carbocycles. The van der Waals surface area contributed by atoms with Crippen molar-refractivity contribution in [1.29, 1.82) is 0 Å². The SMILES string of the molecule is O=C(CCC(=O)Nc1nncs1)NCC1CCOCC1. The Bertz CT molecular complexity index is 432. The summed E-state index contributed by atoms with van der Waals surface area (Å²) >= 11 is 1.25. The van der Waals surface area contributed by atoms with Gasteiger partial charge in [-0.1, -0.05) is 11.3 Å². The van der Waals surface area contributed by atoms with E-state index in [9.17, 15) is 9.59 Å². The molecule has 0 unspecified atom stereocenters. The van der Waals surface area contributed by atoms with Crippen LogP contribution in [0.4, 0.5) is 5.13 Å². The molecule has 2 heterocycles. The molecule has 0 aliphatic carbocycles. The fourth-order valence-electron chi connectivity index (χ4n) is 1.93. The number of nitrogens with one attached hydrogen (secondary N) is 2. The van der Waals surface area contributed by atoms with Crippen LogP contribution in [0.3, 0.4) is 0 Å². The van der Waals surface area contributed by atoms with Gasteiger partial charge in [0.25, 0.3) is 0 Å². The molecule has 2 N–H and O–H groups in total. The lowest BCUT2D eigenvalue weighted by Crippen LogP contribution is -2.32. The molecule has 1 aromatic rings. The van der Waals surface area contributed by atoms with E-state index in [1.165, 1.54) is 16.8 Å². The summed E-state index contributed by atoms with van der Waals surface area (Å²) in [5.74, 6) is 0.176. The standard InChI is InChI=1S/C12H18N4O3S/c17-10(13-7-9-3-5-19-6-4-9)1-2-11(18)15-12-16-14-8-20-12/h8-9H,1-7H2,(H,13,17)(H,15,16,18). The first-order chi connectivity index (χ1) is 9.74. The van der Waals surface area contributed by atoms with Gasteiger partial charge in [0.15, 0.2) is 0 Å². The van der Waals surface area contributed by atoms with Crippen molar-refractivity contribution >= 4 is 28.3 Å². The third-order valence-electron chi connectivity index (χ3n) is 3.11. The van der Waals surface area contributed by atoms with Crippen LogP contribution in [0.25, 0.3) is 0 Å². The lowest BCUT2D eigenvalue weighted by atomic mass is 10.0. The van der Waals surface area contributed by atoms with Gasteiger partial charge >= 0.3 is 0 Å². The maximum absolute atomic E-state index is 11.6. The highest BCUT2D eigenvalue weighted by molar-refractivity contribution is 7.13. The van der Waals surface area contributed by atoms with Crippen LogP contribution in [0, 0.1) is 5.92 Å². The number of carbonyl (C=O) groups is 2. The van der Waals surface area contributed by atoms with Gasteiger partial charge in [0.05, 0.1) is 0 Å². The Kier molecular flexibility index (Phi) is 5.87. The fraction of sp³-hybridized carbons (Fsp3) is 0.667. The zero-order chi connectivity index (χ0) is 14.2. The average Bonchev–Trinajstić information content (AvgIpc) is 2.97. The highest BCUT2D eigenvalue weighted by atomic mass is 32.1. The topological polar surface area (TPSA) is 93.2 Å². The Labute approximate surface area is 121 Å². The molecule has 2 rings (SSSR count). The van der Waals surface area contributed by atoms with Crippen molar-refractivity contribution in [2.75, 3.05) is 25.1 Å². The molecule has 7 nitrogen and oxygen atoms in total. The summed E-state index contributed by atoms with van der Waals surface area (Å²) in [6, 6.07) is 0. The molecule has 1 aliphatic rings. The molecular weight excluding hydrogens is 280 g/mol. The van der Waals surface area contributed by atoms with E-state index in [1.54, 1.807) is 0 Å². The van der Waals surface area contributed by atoms with Gasteiger partial charge in [0.2, 0.25) is 16.9 Å². The average molecular weight is 298 g/mol. The molecule has 0 radical (unpaired) electrons. The molecule has 0 bridgehead atoms. The van der Waals surface area contributed by atoms with Gasteiger partial charge in [-0.3, -0.25) is 9.59 Å². The molecule has 1 aromatic heterocycles. The van der Waals surface area contributed by atoms with Crippen molar-refractivity contribution in [3.8, 4) is 0 Å². The second kappa shape index (κ2) is 7.91. The second-order valence-electron chi connectivity index (χ2n) is 4.65. The predicted octanol–water partition coefficient (Wildman–Crippen LogP) is 0.800. The number of anilines is 1. The van der Waals surface area contributed by atoms with E-state index in [0.717, 1.165) is 26.1 Å². The van der Waals surface area contributed by atoms with E-state index in [2.05, 4.69) is 20.8 Å². The largest absolute Gasteiger partial charge is 0.381 e. The lowest BCUT2D eigenvalue weighted by molar-refractivity contribution is -0.124. The predicted molar refractivity (Wildman–Crippen MR) is 74.3 cm³/mol. The molecule has 1 fully saturated rings. The Morgan fingerprint density at radius 2 is 2.05 bits per heavy atom. The number of carbonyl (C=O) groups excluding carboxylic acids is 2. The minimum atomic E-state index is -0.219. The van der Waals surface area contributed by atoms with Crippen LogP contribution in [0.1, 0.15) is 25.7 Å². The minimum Gasteiger partial charge on any atom is -0.381 e. The van der Waals surface area contributed by atoms with Crippen LogP contribution in [0.2, 0.25) is 0 Å². The Morgan fingerprint density at radius 1 is 1.30 bits per heavy atom. The van der Waals surface area contributed by atoms with E-state index in [4.69, 9.17) is 4.74 Å². The van der Waals surface area contributed by atoms with Gasteiger partial charge in [0, 0.05) is 32.6 Å². The minimum absolute atomic E-state index is 0.0936. The van der Waals surface area contributed by atoms with Gasteiger partial charge in [-0.25, -0.2) is 0 Å². The Hall–Kier alpha value is -1.54. The Balaban J connectivity index is 1.58. The van der Waals surface area contributed by atoms with Crippen LogP contribution >= 0.6 is 11.3 Å². The van der Waals surface area contributed by atoms with Gasteiger partial charge in [0.1, 0.15) is 5.51 Å². The zero-order valence-corrected chi connectivity index (χ0v) is 11.9. The molecule has 1 saturated heterocycles. The molecule has 0 spiro atoms. The molecule has 8 heteroatoms. The quantitative estimate of drug-likeness (QED) is 0.810. The summed E-state index contributed by atoms with van der Waals surface area (Å²) in [5, 5.41) is 13.2. The third kappa shape index (κ3) is 5.22. The zero-order valence-electron chi connectivity index (χ0n) is 11.1. The van der Waals surface area contributed by atoms with Crippen LogP contribution in [0.5, 0.6) is 0 Å². The number of nitrogens with zero attached hydrogens (tertiary/aromatic N) is 2. The van der Waals surface area contributed by atoms with Crippen LogP contribution in [-0.2, 0) is 14.3 Å². The van der Waals surface area contributed by atoms with Crippen molar-refractivity contribution < 1.29 is 14.3 Å². The maximum atomic E-state index is 11.6. The Morgan fingerprint density at radius 3 is 2.75 bits per heavy atom. The summed E-state index contributed by atoms with van der Waals surface area (Å²) in [7, 11) is 0. The molecule has 1 aliphatic heterocycles. The first-order valence-corrected chi connectivity index (χ1v) is 7.52. The van der Waals surface area contributed by atoms with Crippen molar-refractivity contribution in [2.24, 2.45) is 5.92 Å². The van der Waals surface area contributed by atoms with Crippen molar-refractivity contribution in [1.82, 2.24) is 15.5 Å². The number of aromatic nitrogens is 2. The first kappa shape index (κ1) is 14.9. The highest BCUT2D eigenvalue weighted by Gasteiger charge is 2.15. The molecule has 0 atom stereocenters. The second-order valence-corrected chi connectivity index (χ2v) is 5.49. The van der Waals surface area contributed by atoms with Crippen molar-refractivity contribution in [2.45, 2.75) is 25.7 Å². The van der Waals surface area contributed by atoms with E-state index in [-0.39, 0.29) is 24.7 Å².